The molecule has 0 radical (unpaired) electrons. The summed E-state index contributed by atoms with van der Waals surface area (Å²) >= 11 is 0. The summed E-state index contributed by atoms with van der Waals surface area (Å²) < 4.78 is 0. The topological polar surface area (TPSA) is 241 Å². The van der Waals surface area contributed by atoms with Crippen molar-refractivity contribution >= 4 is 35.7 Å². The second-order valence-corrected chi connectivity index (χ2v) is 9.92. The van der Waals surface area contributed by atoms with Crippen LogP contribution >= 0.6 is 0 Å². The van der Waals surface area contributed by atoms with Crippen molar-refractivity contribution in [3.63, 3.8) is 0 Å². The van der Waals surface area contributed by atoms with Crippen LogP contribution in [0.2, 0.25) is 0 Å². The van der Waals surface area contributed by atoms with Gasteiger partial charge in [-0.15, -0.1) is 0 Å². The number of aromatic hydroxyl groups is 1. The molecule has 15 heteroatoms. The van der Waals surface area contributed by atoms with E-state index in [1.54, 1.807) is 30.3 Å². The molecule has 9 N–H and O–H groups in total. The molecule has 1 heterocycles. The molecule has 1 aliphatic rings. The van der Waals surface area contributed by atoms with E-state index < -0.39 is 54.3 Å². The SMILES string of the molecule is NC(N)=NCCC[C@H]1C(=O)N(N[C@H](CCC(=O)O)C(=O)N[C@@H](Cc2ccc(O)cc2)C(=O)O)C(=O)N1Cc1ccccc1. The van der Waals surface area contributed by atoms with Crippen LogP contribution in [0.1, 0.15) is 36.8 Å². The number of benzene rings is 2. The molecule has 0 bridgehead atoms. The summed E-state index contributed by atoms with van der Waals surface area (Å²) in [6.07, 6.45) is -0.436. The Labute approximate surface area is 247 Å². The molecular weight excluding hydrogens is 562 g/mol. The molecule has 43 heavy (non-hydrogen) atoms. The molecule has 1 aliphatic heterocycles. The van der Waals surface area contributed by atoms with Crippen molar-refractivity contribution in [3.05, 3.63) is 65.7 Å². The molecule has 0 aromatic heterocycles. The number of carbonyl (C=O) groups is 5. The average molecular weight is 598 g/mol. The number of hydrazine groups is 1. The van der Waals surface area contributed by atoms with Crippen LogP contribution < -0.4 is 22.2 Å². The molecule has 1 fully saturated rings. The van der Waals surface area contributed by atoms with Crippen LogP contribution in [0.3, 0.4) is 0 Å². The lowest BCUT2D eigenvalue weighted by molar-refractivity contribution is -0.143. The number of phenolic OH excluding ortho intramolecular Hbond substituents is 1. The lowest BCUT2D eigenvalue weighted by Gasteiger charge is -2.25. The van der Waals surface area contributed by atoms with E-state index >= 15 is 0 Å². The Hall–Kier alpha value is -5.18. The molecule has 4 amide bonds. The first kappa shape index (κ1) is 32.3. The predicted octanol–water partition coefficient (Wildman–Crippen LogP) is 0.129. The lowest BCUT2D eigenvalue weighted by atomic mass is 10.0. The zero-order valence-corrected chi connectivity index (χ0v) is 23.3. The maximum absolute atomic E-state index is 13.5. The number of aliphatic imine (C=N–C) groups is 1. The molecule has 0 aliphatic carbocycles. The molecule has 3 atom stereocenters. The zero-order chi connectivity index (χ0) is 31.5. The van der Waals surface area contributed by atoms with Crippen molar-refractivity contribution in [3.8, 4) is 5.75 Å². The van der Waals surface area contributed by atoms with E-state index in [0.717, 1.165) is 5.56 Å². The number of amides is 4. The van der Waals surface area contributed by atoms with Gasteiger partial charge in [0.05, 0.1) is 0 Å². The first-order valence-electron chi connectivity index (χ1n) is 13.5. The van der Waals surface area contributed by atoms with E-state index in [9.17, 15) is 39.3 Å². The number of imide groups is 1. The van der Waals surface area contributed by atoms with Crippen molar-refractivity contribution in [2.45, 2.75) is 56.8 Å². The smallest absolute Gasteiger partial charge is 0.342 e. The van der Waals surface area contributed by atoms with Gasteiger partial charge in [-0.25, -0.2) is 15.0 Å². The molecule has 3 rings (SSSR count). The molecule has 2 aromatic rings. The molecule has 1 saturated heterocycles. The van der Waals surface area contributed by atoms with E-state index in [1.165, 1.54) is 29.2 Å². The van der Waals surface area contributed by atoms with Crippen LogP contribution in [0, 0.1) is 0 Å². The minimum Gasteiger partial charge on any atom is -0.508 e. The van der Waals surface area contributed by atoms with Crippen LogP contribution in [0.25, 0.3) is 0 Å². The van der Waals surface area contributed by atoms with E-state index in [0.29, 0.717) is 17.0 Å². The molecule has 15 nitrogen and oxygen atoms in total. The number of nitrogens with zero attached hydrogens (tertiary/aromatic N) is 3. The van der Waals surface area contributed by atoms with Gasteiger partial charge in [0, 0.05) is 25.9 Å². The van der Waals surface area contributed by atoms with Crippen molar-refractivity contribution in [2.75, 3.05) is 6.54 Å². The predicted molar refractivity (Wildman–Crippen MR) is 153 cm³/mol. The fourth-order valence-electron chi connectivity index (χ4n) is 4.51. The Morgan fingerprint density at radius 1 is 0.953 bits per heavy atom. The van der Waals surface area contributed by atoms with Gasteiger partial charge in [-0.2, -0.15) is 5.01 Å². The van der Waals surface area contributed by atoms with Gasteiger partial charge in [0.25, 0.3) is 5.91 Å². The van der Waals surface area contributed by atoms with Crippen molar-refractivity contribution < 1.29 is 39.3 Å². The second kappa shape index (κ2) is 15.2. The van der Waals surface area contributed by atoms with E-state index in [2.05, 4.69) is 15.7 Å². The monoisotopic (exact) mass is 597 g/mol. The molecule has 0 unspecified atom stereocenters. The number of phenols is 1. The number of nitrogens with one attached hydrogen (secondary N) is 2. The normalized spacial score (nSPS) is 16.0. The van der Waals surface area contributed by atoms with Crippen molar-refractivity contribution in [1.29, 1.82) is 0 Å². The summed E-state index contributed by atoms with van der Waals surface area (Å²) in [5.41, 5.74) is 14.6. The number of guanidine groups is 1. The van der Waals surface area contributed by atoms with Gasteiger partial charge in [-0.1, -0.05) is 42.5 Å². The van der Waals surface area contributed by atoms with Gasteiger partial charge in [-0.3, -0.25) is 19.4 Å². The highest BCUT2D eigenvalue weighted by Crippen LogP contribution is 2.24. The largest absolute Gasteiger partial charge is 0.508 e. The van der Waals surface area contributed by atoms with Crippen molar-refractivity contribution in [2.24, 2.45) is 16.5 Å². The number of carboxylic acids is 2. The Balaban J connectivity index is 1.81. The molecule has 0 spiro atoms. The number of hydrogen-bond acceptors (Lipinski definition) is 8. The maximum Gasteiger partial charge on any atom is 0.342 e. The first-order valence-corrected chi connectivity index (χ1v) is 13.5. The van der Waals surface area contributed by atoms with E-state index in [-0.39, 0.29) is 44.1 Å². The first-order chi connectivity index (χ1) is 20.5. The summed E-state index contributed by atoms with van der Waals surface area (Å²) in [7, 11) is 0. The van der Waals surface area contributed by atoms with E-state index in [1.807, 2.05) is 0 Å². The molecule has 230 valence electrons. The third kappa shape index (κ3) is 9.43. The number of rotatable bonds is 16. The van der Waals surface area contributed by atoms with Gasteiger partial charge in [0.15, 0.2) is 5.96 Å². The van der Waals surface area contributed by atoms with Gasteiger partial charge in [-0.05, 0) is 42.5 Å². The van der Waals surface area contributed by atoms with Crippen LogP contribution in [-0.4, -0.2) is 85.6 Å². The highest BCUT2D eigenvalue weighted by Gasteiger charge is 2.46. The Morgan fingerprint density at radius 3 is 2.23 bits per heavy atom. The summed E-state index contributed by atoms with van der Waals surface area (Å²) in [5, 5.41) is 31.5. The van der Waals surface area contributed by atoms with Crippen LogP contribution in [0.15, 0.2) is 59.6 Å². The standard InChI is InChI=1S/C28H35N7O8/c29-27(30)31-14-4-7-22-25(40)35(28(43)34(22)16-18-5-2-1-3-6-18)33-20(12-13-23(37)38)24(39)32-21(26(41)42)15-17-8-10-19(36)11-9-17/h1-3,5-6,8-11,20-22,33,36H,4,7,12-16H2,(H,32,39)(H,37,38)(H,41,42)(H4,29,30,31)/t20-,21+,22+/m1/s1. The minimum atomic E-state index is -1.44. The fourth-order valence-corrected chi connectivity index (χ4v) is 4.51. The Morgan fingerprint density at radius 2 is 1.63 bits per heavy atom. The van der Waals surface area contributed by atoms with Crippen LogP contribution in [0.5, 0.6) is 5.75 Å². The quantitative estimate of drug-likeness (QED) is 0.0593. The number of nitrogens with two attached hydrogens (primary N) is 2. The highest BCUT2D eigenvalue weighted by molar-refractivity contribution is 6.04. The van der Waals surface area contributed by atoms with Gasteiger partial charge in [0.1, 0.15) is 23.9 Å². The summed E-state index contributed by atoms with van der Waals surface area (Å²) in [5.74, 6) is -4.32. The summed E-state index contributed by atoms with van der Waals surface area (Å²) in [6, 6.07) is 10.1. The fraction of sp³-hybridized carbons (Fsp3) is 0.357. The van der Waals surface area contributed by atoms with Gasteiger partial charge >= 0.3 is 18.0 Å². The van der Waals surface area contributed by atoms with E-state index in [4.69, 9.17) is 11.5 Å². The summed E-state index contributed by atoms with van der Waals surface area (Å²) in [6.45, 7) is 0.296. The molecular formula is C28H35N7O8. The zero-order valence-electron chi connectivity index (χ0n) is 23.3. The minimum absolute atomic E-state index is 0.0200. The molecule has 0 saturated carbocycles. The number of carboxylic acid groups (broad SMARTS) is 2. The number of urea groups is 1. The maximum atomic E-state index is 13.5. The van der Waals surface area contributed by atoms with Crippen molar-refractivity contribution in [1.82, 2.24) is 20.7 Å². The van der Waals surface area contributed by atoms with Gasteiger partial charge < -0.3 is 37.0 Å². The Bertz CT molecular complexity index is 1330. The van der Waals surface area contributed by atoms with Crippen LogP contribution in [-0.2, 0) is 32.1 Å². The number of hydrogen-bond donors (Lipinski definition) is 7. The van der Waals surface area contributed by atoms with Crippen LogP contribution in [0.4, 0.5) is 4.79 Å². The third-order valence-electron chi connectivity index (χ3n) is 6.68. The van der Waals surface area contributed by atoms with Gasteiger partial charge in [0.2, 0.25) is 5.91 Å². The highest BCUT2D eigenvalue weighted by atomic mass is 16.4. The number of aliphatic carboxylic acids is 2. The lowest BCUT2D eigenvalue weighted by Crippen LogP contribution is -2.57. The Kier molecular flexibility index (Phi) is 11.4. The second-order valence-electron chi connectivity index (χ2n) is 9.92. The summed E-state index contributed by atoms with van der Waals surface area (Å²) in [4.78, 5) is 68.8. The third-order valence-corrected chi connectivity index (χ3v) is 6.68. The average Bonchev–Trinajstić information content (AvgIpc) is 3.17. The number of carbonyl (C=O) groups excluding carboxylic acids is 3. The molecule has 2 aromatic carbocycles.